The van der Waals surface area contributed by atoms with Crippen LogP contribution in [-0.2, 0) is 4.74 Å². The van der Waals surface area contributed by atoms with Crippen molar-refractivity contribution in [3.8, 4) is 0 Å². The number of anilines is 2. The lowest BCUT2D eigenvalue weighted by atomic mass is 9.98. The molecule has 1 saturated heterocycles. The molecule has 0 aliphatic carbocycles. The summed E-state index contributed by atoms with van der Waals surface area (Å²) < 4.78 is 5.51. The van der Waals surface area contributed by atoms with Gasteiger partial charge in [0.2, 0.25) is 5.13 Å². The fourth-order valence-electron chi connectivity index (χ4n) is 2.72. The van der Waals surface area contributed by atoms with Gasteiger partial charge in [0.25, 0.3) is 5.91 Å². The summed E-state index contributed by atoms with van der Waals surface area (Å²) >= 11 is 1.28. The van der Waals surface area contributed by atoms with Crippen LogP contribution in [0.1, 0.15) is 30.1 Å². The zero-order valence-corrected chi connectivity index (χ0v) is 14.5. The third kappa shape index (κ3) is 4.27. The second-order valence-electron chi connectivity index (χ2n) is 5.69. The lowest BCUT2D eigenvalue weighted by Gasteiger charge is -2.32. The second-order valence-corrected chi connectivity index (χ2v) is 6.53. The summed E-state index contributed by atoms with van der Waals surface area (Å²) in [5, 5.41) is 10.7. The molecule has 7 nitrogen and oxygen atoms in total. The maximum atomic E-state index is 12.1. The molecule has 128 valence electrons. The van der Waals surface area contributed by atoms with Crippen molar-refractivity contribution in [3.05, 3.63) is 29.4 Å². The lowest BCUT2D eigenvalue weighted by Crippen LogP contribution is -2.35. The number of amides is 1. The van der Waals surface area contributed by atoms with Crippen LogP contribution in [0.25, 0.3) is 0 Å². The SMILES string of the molecule is CCOCC1CCN(c2ccc(C(=O)Nc3nncs3)cn2)CC1. The van der Waals surface area contributed by atoms with E-state index in [1.54, 1.807) is 17.8 Å². The second kappa shape index (κ2) is 8.16. The first-order valence-corrected chi connectivity index (χ1v) is 9.00. The Morgan fingerprint density at radius 2 is 2.25 bits per heavy atom. The smallest absolute Gasteiger partial charge is 0.259 e. The van der Waals surface area contributed by atoms with E-state index in [9.17, 15) is 4.79 Å². The van der Waals surface area contributed by atoms with E-state index < -0.39 is 0 Å². The minimum atomic E-state index is -0.221. The molecule has 1 fully saturated rings. The number of piperidine rings is 1. The third-order valence-electron chi connectivity index (χ3n) is 4.09. The molecule has 24 heavy (non-hydrogen) atoms. The van der Waals surface area contributed by atoms with Crippen LogP contribution in [-0.4, -0.2) is 47.4 Å². The van der Waals surface area contributed by atoms with Crippen molar-refractivity contribution in [1.29, 1.82) is 0 Å². The first-order valence-electron chi connectivity index (χ1n) is 8.12. The molecule has 2 aromatic rings. The predicted molar refractivity (Wildman–Crippen MR) is 93.5 cm³/mol. The molecule has 8 heteroatoms. The lowest BCUT2D eigenvalue weighted by molar-refractivity contribution is 0.100. The highest BCUT2D eigenvalue weighted by Crippen LogP contribution is 2.22. The van der Waals surface area contributed by atoms with Gasteiger partial charge >= 0.3 is 0 Å². The summed E-state index contributed by atoms with van der Waals surface area (Å²) in [6.07, 6.45) is 3.83. The highest BCUT2D eigenvalue weighted by Gasteiger charge is 2.20. The van der Waals surface area contributed by atoms with Gasteiger partial charge in [-0.05, 0) is 37.8 Å². The molecule has 0 aromatic carbocycles. The van der Waals surface area contributed by atoms with Gasteiger partial charge in [-0.1, -0.05) is 11.3 Å². The molecule has 1 aliphatic heterocycles. The molecule has 0 radical (unpaired) electrons. The summed E-state index contributed by atoms with van der Waals surface area (Å²) in [6, 6.07) is 3.70. The van der Waals surface area contributed by atoms with Gasteiger partial charge in [-0.3, -0.25) is 10.1 Å². The predicted octanol–water partition coefficient (Wildman–Crippen LogP) is 2.44. The van der Waals surface area contributed by atoms with Crippen molar-refractivity contribution < 1.29 is 9.53 Å². The van der Waals surface area contributed by atoms with Gasteiger partial charge in [0, 0.05) is 32.5 Å². The number of carbonyl (C=O) groups is 1. The number of nitrogens with zero attached hydrogens (tertiary/aromatic N) is 4. The molecule has 0 bridgehead atoms. The largest absolute Gasteiger partial charge is 0.381 e. The Kier molecular flexibility index (Phi) is 5.71. The Balaban J connectivity index is 1.54. The van der Waals surface area contributed by atoms with Crippen LogP contribution < -0.4 is 10.2 Å². The Bertz CT molecular complexity index is 639. The van der Waals surface area contributed by atoms with Gasteiger partial charge in [0.05, 0.1) is 5.56 Å². The maximum absolute atomic E-state index is 12.1. The van der Waals surface area contributed by atoms with Crippen molar-refractivity contribution in [2.75, 3.05) is 36.5 Å². The molecule has 3 rings (SSSR count). The van der Waals surface area contributed by atoms with E-state index in [0.29, 0.717) is 16.6 Å². The maximum Gasteiger partial charge on any atom is 0.259 e. The minimum Gasteiger partial charge on any atom is -0.381 e. The van der Waals surface area contributed by atoms with Crippen LogP contribution in [0.3, 0.4) is 0 Å². The van der Waals surface area contributed by atoms with Gasteiger partial charge in [0.1, 0.15) is 11.3 Å². The Morgan fingerprint density at radius 3 is 2.88 bits per heavy atom. The molecule has 3 heterocycles. The van der Waals surface area contributed by atoms with E-state index in [0.717, 1.165) is 45.0 Å². The van der Waals surface area contributed by atoms with Crippen LogP contribution in [0.5, 0.6) is 0 Å². The summed E-state index contributed by atoms with van der Waals surface area (Å²) in [5.41, 5.74) is 2.09. The first kappa shape index (κ1) is 16.8. The zero-order valence-electron chi connectivity index (χ0n) is 13.6. The van der Waals surface area contributed by atoms with E-state index in [-0.39, 0.29) is 5.91 Å². The highest BCUT2D eigenvalue weighted by atomic mass is 32.1. The Hall–Kier alpha value is -2.06. The number of rotatable bonds is 6. The van der Waals surface area contributed by atoms with Crippen LogP contribution in [0.2, 0.25) is 0 Å². The fourth-order valence-corrected chi connectivity index (χ4v) is 3.16. The van der Waals surface area contributed by atoms with Crippen molar-refractivity contribution in [2.45, 2.75) is 19.8 Å². The van der Waals surface area contributed by atoms with E-state index in [4.69, 9.17) is 4.74 Å². The van der Waals surface area contributed by atoms with Gasteiger partial charge < -0.3 is 9.64 Å². The number of hydrogen-bond acceptors (Lipinski definition) is 7. The Morgan fingerprint density at radius 1 is 1.42 bits per heavy atom. The number of carbonyl (C=O) groups excluding carboxylic acids is 1. The average Bonchev–Trinajstić information content (AvgIpc) is 3.13. The van der Waals surface area contributed by atoms with Crippen LogP contribution >= 0.6 is 11.3 Å². The Labute approximate surface area is 145 Å². The van der Waals surface area contributed by atoms with Gasteiger partial charge in [0.15, 0.2) is 0 Å². The van der Waals surface area contributed by atoms with Gasteiger partial charge in [-0.25, -0.2) is 4.98 Å². The number of ether oxygens (including phenoxy) is 1. The molecule has 0 spiro atoms. The normalized spacial score (nSPS) is 15.5. The molecule has 1 aliphatic rings. The molecule has 0 saturated carbocycles. The molecule has 0 atom stereocenters. The van der Waals surface area contributed by atoms with Crippen LogP contribution in [0.4, 0.5) is 10.9 Å². The summed E-state index contributed by atoms with van der Waals surface area (Å²) in [4.78, 5) is 18.8. The standard InChI is InChI=1S/C16H21N5O2S/c1-2-23-10-12-5-7-21(8-6-12)14-4-3-13(9-17-14)15(22)19-16-20-18-11-24-16/h3-4,9,11-12H,2,5-8,10H2,1H3,(H,19,20,22). The van der Waals surface area contributed by atoms with Crippen LogP contribution in [0.15, 0.2) is 23.8 Å². The minimum absolute atomic E-state index is 0.221. The van der Waals surface area contributed by atoms with E-state index in [2.05, 4.69) is 25.4 Å². The van der Waals surface area contributed by atoms with Crippen molar-refractivity contribution in [3.63, 3.8) is 0 Å². The number of nitrogens with one attached hydrogen (secondary N) is 1. The molecular formula is C16H21N5O2S. The summed E-state index contributed by atoms with van der Waals surface area (Å²) in [6.45, 7) is 5.61. The van der Waals surface area contributed by atoms with Gasteiger partial charge in [-0.2, -0.15) is 0 Å². The quantitative estimate of drug-likeness (QED) is 0.864. The summed E-state index contributed by atoms with van der Waals surface area (Å²) in [7, 11) is 0. The summed E-state index contributed by atoms with van der Waals surface area (Å²) in [5.74, 6) is 1.33. The van der Waals surface area contributed by atoms with Crippen molar-refractivity contribution in [2.24, 2.45) is 5.92 Å². The van der Waals surface area contributed by atoms with Crippen molar-refractivity contribution >= 4 is 28.2 Å². The number of hydrogen-bond donors (Lipinski definition) is 1. The monoisotopic (exact) mass is 347 g/mol. The highest BCUT2D eigenvalue weighted by molar-refractivity contribution is 7.13. The zero-order chi connectivity index (χ0) is 16.8. The first-order chi connectivity index (χ1) is 11.8. The number of pyridine rings is 1. The van der Waals surface area contributed by atoms with Crippen molar-refractivity contribution in [1.82, 2.24) is 15.2 Å². The van der Waals surface area contributed by atoms with E-state index in [1.807, 2.05) is 13.0 Å². The third-order valence-corrected chi connectivity index (χ3v) is 4.69. The topological polar surface area (TPSA) is 80.2 Å². The molecule has 0 unspecified atom stereocenters. The van der Waals surface area contributed by atoms with Crippen LogP contribution in [0, 0.1) is 5.92 Å². The average molecular weight is 347 g/mol. The fraction of sp³-hybridized carbons (Fsp3) is 0.500. The molecule has 1 N–H and O–H groups in total. The molecule has 1 amide bonds. The molecular weight excluding hydrogens is 326 g/mol. The van der Waals surface area contributed by atoms with E-state index >= 15 is 0 Å². The van der Waals surface area contributed by atoms with Gasteiger partial charge in [-0.15, -0.1) is 10.2 Å². The number of aromatic nitrogens is 3. The molecule has 2 aromatic heterocycles. The van der Waals surface area contributed by atoms with E-state index in [1.165, 1.54) is 11.3 Å².